The lowest BCUT2D eigenvalue weighted by Crippen LogP contribution is -2.53. The molecule has 4 rings (SSSR count). The van der Waals surface area contributed by atoms with Gasteiger partial charge >= 0.3 is 0 Å². The Balaban J connectivity index is 1.60. The van der Waals surface area contributed by atoms with Crippen LogP contribution in [0.5, 0.6) is 0 Å². The smallest absolute Gasteiger partial charge is 0.253 e. The maximum atomic E-state index is 13.4. The fourth-order valence-electron chi connectivity index (χ4n) is 5.60. The molecule has 1 aromatic rings. The summed E-state index contributed by atoms with van der Waals surface area (Å²) in [5.74, 6) is -0.00179. The number of carbonyl (C=O) groups is 2. The second-order valence-electron chi connectivity index (χ2n) is 8.83. The first kappa shape index (κ1) is 21.6. The molecule has 0 aromatic heterocycles. The molecular weight excluding hydrogens is 426 g/mol. The largest absolute Gasteiger partial charge is 0.342 e. The van der Waals surface area contributed by atoms with Gasteiger partial charge in [0.2, 0.25) is 15.9 Å². The third-order valence-electron chi connectivity index (χ3n) is 7.38. The van der Waals surface area contributed by atoms with Crippen LogP contribution in [0.1, 0.15) is 36.5 Å². The van der Waals surface area contributed by atoms with Gasteiger partial charge in [0.1, 0.15) is 0 Å². The number of fused-ring (bicyclic) bond motifs is 1. The van der Waals surface area contributed by atoms with Crippen LogP contribution in [0.25, 0.3) is 0 Å². The molecular formula is C21H28ClN3O4S. The predicted molar refractivity (Wildman–Crippen MR) is 115 cm³/mol. The lowest BCUT2D eigenvalue weighted by atomic mass is 9.60. The second kappa shape index (κ2) is 7.50. The minimum Gasteiger partial charge on any atom is -0.342 e. The number of benzene rings is 1. The zero-order valence-electron chi connectivity index (χ0n) is 17.4. The monoisotopic (exact) mass is 453 g/mol. The molecule has 3 saturated heterocycles. The maximum absolute atomic E-state index is 13.4. The van der Waals surface area contributed by atoms with Crippen LogP contribution in [0.4, 0.5) is 0 Å². The number of halogens is 1. The van der Waals surface area contributed by atoms with Crippen LogP contribution in [-0.2, 0) is 14.8 Å². The van der Waals surface area contributed by atoms with Gasteiger partial charge < -0.3 is 9.80 Å². The Labute approximate surface area is 183 Å². The lowest BCUT2D eigenvalue weighted by molar-refractivity contribution is -0.141. The van der Waals surface area contributed by atoms with Gasteiger partial charge in [-0.3, -0.25) is 9.59 Å². The molecule has 0 radical (unpaired) electrons. The maximum Gasteiger partial charge on any atom is 0.253 e. The van der Waals surface area contributed by atoms with Crippen molar-refractivity contribution in [1.29, 1.82) is 0 Å². The van der Waals surface area contributed by atoms with E-state index in [0.29, 0.717) is 62.6 Å². The van der Waals surface area contributed by atoms with Gasteiger partial charge in [-0.25, -0.2) is 12.7 Å². The van der Waals surface area contributed by atoms with Crippen LogP contribution < -0.4 is 0 Å². The summed E-state index contributed by atoms with van der Waals surface area (Å²) in [4.78, 5) is 30.0. The summed E-state index contributed by atoms with van der Waals surface area (Å²) in [5, 5.41) is 0.518. The van der Waals surface area contributed by atoms with E-state index in [0.717, 1.165) is 0 Å². The van der Waals surface area contributed by atoms with E-state index in [-0.39, 0.29) is 18.4 Å². The SMILES string of the molecule is CCN1CCC2(CN(S(C)(=O)=O)CC23CCN(C(=O)c2cccc(Cl)c2)CC3)C1=O. The highest BCUT2D eigenvalue weighted by Gasteiger charge is 2.66. The van der Waals surface area contributed by atoms with Crippen LogP contribution in [0, 0.1) is 10.8 Å². The number of nitrogens with zero attached hydrogens (tertiary/aromatic N) is 3. The topological polar surface area (TPSA) is 78.0 Å². The third-order valence-corrected chi connectivity index (χ3v) is 8.81. The van der Waals surface area contributed by atoms with E-state index in [1.165, 1.54) is 10.6 Å². The summed E-state index contributed by atoms with van der Waals surface area (Å²) < 4.78 is 26.2. The molecule has 3 aliphatic heterocycles. The predicted octanol–water partition coefficient (Wildman–Crippen LogP) is 2.08. The van der Waals surface area contributed by atoms with E-state index >= 15 is 0 Å². The number of piperidine rings is 1. The molecule has 0 saturated carbocycles. The third kappa shape index (κ3) is 3.33. The van der Waals surface area contributed by atoms with Crippen molar-refractivity contribution in [2.24, 2.45) is 10.8 Å². The lowest BCUT2D eigenvalue weighted by Gasteiger charge is -2.47. The Morgan fingerprint density at radius 1 is 1.13 bits per heavy atom. The van der Waals surface area contributed by atoms with Gasteiger partial charge in [-0.05, 0) is 44.4 Å². The molecule has 3 aliphatic rings. The van der Waals surface area contributed by atoms with Crippen LogP contribution in [0.2, 0.25) is 5.02 Å². The summed E-state index contributed by atoms with van der Waals surface area (Å²) in [7, 11) is -3.40. The Bertz CT molecular complexity index is 974. The van der Waals surface area contributed by atoms with Crippen LogP contribution in [-0.4, -0.2) is 79.9 Å². The van der Waals surface area contributed by atoms with Crippen molar-refractivity contribution in [1.82, 2.24) is 14.1 Å². The molecule has 1 atom stereocenters. The summed E-state index contributed by atoms with van der Waals surface area (Å²) in [5.41, 5.74) is -0.564. The molecule has 0 bridgehead atoms. The second-order valence-corrected chi connectivity index (χ2v) is 11.2. The number of hydrogen-bond acceptors (Lipinski definition) is 4. The van der Waals surface area contributed by atoms with Crippen LogP contribution >= 0.6 is 11.6 Å². The van der Waals surface area contributed by atoms with Crippen molar-refractivity contribution >= 4 is 33.4 Å². The molecule has 2 spiro atoms. The summed E-state index contributed by atoms with van der Waals surface area (Å²) in [6.07, 6.45) is 3.13. The van der Waals surface area contributed by atoms with E-state index in [1.807, 2.05) is 11.8 Å². The number of hydrogen-bond donors (Lipinski definition) is 0. The Kier molecular flexibility index (Phi) is 5.39. The first-order valence-corrected chi connectivity index (χ1v) is 12.6. The number of sulfonamides is 1. The highest BCUT2D eigenvalue weighted by molar-refractivity contribution is 7.88. The van der Waals surface area contributed by atoms with Crippen molar-refractivity contribution in [3.63, 3.8) is 0 Å². The van der Waals surface area contributed by atoms with Gasteiger partial charge in [0.15, 0.2) is 0 Å². The number of rotatable bonds is 3. The Morgan fingerprint density at radius 3 is 2.40 bits per heavy atom. The quantitative estimate of drug-likeness (QED) is 0.702. The van der Waals surface area contributed by atoms with Gasteiger partial charge in [0, 0.05) is 55.3 Å². The number of amides is 2. The zero-order chi connectivity index (χ0) is 21.7. The fraction of sp³-hybridized carbons (Fsp3) is 0.619. The van der Waals surface area contributed by atoms with E-state index in [9.17, 15) is 18.0 Å². The van der Waals surface area contributed by atoms with Crippen LogP contribution in [0.3, 0.4) is 0 Å². The van der Waals surface area contributed by atoms with Gasteiger partial charge in [0.05, 0.1) is 11.7 Å². The molecule has 1 unspecified atom stereocenters. The molecule has 0 N–H and O–H groups in total. The summed E-state index contributed by atoms with van der Waals surface area (Å²) >= 11 is 6.04. The van der Waals surface area contributed by atoms with Gasteiger partial charge in [-0.15, -0.1) is 0 Å². The molecule has 1 aromatic carbocycles. The summed E-state index contributed by atoms with van der Waals surface area (Å²) in [6.45, 7) is 4.87. The molecule has 3 fully saturated rings. The van der Waals surface area contributed by atoms with E-state index in [2.05, 4.69) is 0 Å². The Morgan fingerprint density at radius 2 is 1.83 bits per heavy atom. The molecule has 164 valence electrons. The van der Waals surface area contributed by atoms with Crippen molar-refractivity contribution in [2.45, 2.75) is 26.2 Å². The molecule has 7 nitrogen and oxygen atoms in total. The van der Waals surface area contributed by atoms with Crippen molar-refractivity contribution in [2.75, 3.05) is 45.5 Å². The van der Waals surface area contributed by atoms with E-state index in [1.54, 1.807) is 29.2 Å². The first-order chi connectivity index (χ1) is 14.1. The van der Waals surface area contributed by atoms with E-state index in [4.69, 9.17) is 11.6 Å². The minimum atomic E-state index is -3.40. The highest BCUT2D eigenvalue weighted by Crippen LogP contribution is 2.58. The Hall–Kier alpha value is -1.64. The average molecular weight is 454 g/mol. The van der Waals surface area contributed by atoms with Gasteiger partial charge in [-0.2, -0.15) is 0 Å². The summed E-state index contributed by atoms with van der Waals surface area (Å²) in [6, 6.07) is 6.90. The van der Waals surface area contributed by atoms with Crippen molar-refractivity contribution < 1.29 is 18.0 Å². The van der Waals surface area contributed by atoms with E-state index < -0.39 is 20.9 Å². The molecule has 0 aliphatic carbocycles. The first-order valence-electron chi connectivity index (χ1n) is 10.4. The molecule has 9 heteroatoms. The minimum absolute atomic E-state index is 0.0748. The van der Waals surface area contributed by atoms with Crippen molar-refractivity contribution in [3.05, 3.63) is 34.9 Å². The van der Waals surface area contributed by atoms with Gasteiger partial charge in [-0.1, -0.05) is 17.7 Å². The fourth-order valence-corrected chi connectivity index (χ4v) is 6.73. The normalized spacial score (nSPS) is 26.8. The van der Waals surface area contributed by atoms with Crippen LogP contribution in [0.15, 0.2) is 24.3 Å². The number of carbonyl (C=O) groups excluding carboxylic acids is 2. The molecule has 3 heterocycles. The molecule has 2 amide bonds. The highest BCUT2D eigenvalue weighted by atomic mass is 35.5. The van der Waals surface area contributed by atoms with Gasteiger partial charge in [0.25, 0.3) is 5.91 Å². The van der Waals surface area contributed by atoms with Crippen molar-refractivity contribution in [3.8, 4) is 0 Å². The standard InChI is InChI=1S/C21H28ClN3O4S/c1-3-23-12-9-21(19(23)27)15-25(30(2,28)29)14-20(21)7-10-24(11-8-20)18(26)16-5-4-6-17(22)13-16/h4-6,13H,3,7-12,14-15H2,1-2H3. The number of likely N-dealkylation sites (tertiary alicyclic amines) is 2. The average Bonchev–Trinajstić information content (AvgIpc) is 3.21. The molecule has 30 heavy (non-hydrogen) atoms. The zero-order valence-corrected chi connectivity index (χ0v) is 19.0.